The molecule has 1 unspecified atom stereocenters. The standard InChI is InChI=1S/C7H7F3N4OS/c8-7(9,10)5-11-6(13-12-5)14-2-3(16)1-4(14)15/h3,16H,1-2H2,(H,11,12,13). The number of amides is 1. The summed E-state index contributed by atoms with van der Waals surface area (Å²) in [4.78, 5) is 15.7. The summed E-state index contributed by atoms with van der Waals surface area (Å²) in [6, 6.07) is 0. The number of aromatic nitrogens is 3. The molecule has 1 aliphatic heterocycles. The maximum Gasteiger partial charge on any atom is 0.451 e. The molecule has 1 fully saturated rings. The highest BCUT2D eigenvalue weighted by molar-refractivity contribution is 7.81. The van der Waals surface area contributed by atoms with E-state index < -0.39 is 12.0 Å². The highest BCUT2D eigenvalue weighted by Gasteiger charge is 2.37. The number of hydrogen-bond donors (Lipinski definition) is 2. The highest BCUT2D eigenvalue weighted by Crippen LogP contribution is 2.28. The van der Waals surface area contributed by atoms with Crippen LogP contribution in [0.3, 0.4) is 0 Å². The van der Waals surface area contributed by atoms with Gasteiger partial charge in [0, 0.05) is 18.2 Å². The van der Waals surface area contributed by atoms with Gasteiger partial charge < -0.3 is 0 Å². The monoisotopic (exact) mass is 252 g/mol. The molecule has 9 heteroatoms. The first-order chi connectivity index (χ1) is 7.38. The van der Waals surface area contributed by atoms with Gasteiger partial charge in [0.05, 0.1) is 0 Å². The molecule has 2 heterocycles. The zero-order valence-electron chi connectivity index (χ0n) is 7.82. The first-order valence-electron chi connectivity index (χ1n) is 4.36. The predicted octanol–water partition coefficient (Wildman–Crippen LogP) is 0.859. The molecule has 2 rings (SSSR count). The molecule has 1 aromatic heterocycles. The molecule has 0 bridgehead atoms. The van der Waals surface area contributed by atoms with Gasteiger partial charge in [0.15, 0.2) is 0 Å². The number of hydrogen-bond acceptors (Lipinski definition) is 4. The van der Waals surface area contributed by atoms with Crippen molar-refractivity contribution in [2.75, 3.05) is 11.4 Å². The van der Waals surface area contributed by atoms with Gasteiger partial charge in [-0.05, 0) is 0 Å². The van der Waals surface area contributed by atoms with Gasteiger partial charge in [-0.2, -0.15) is 30.8 Å². The zero-order valence-corrected chi connectivity index (χ0v) is 8.72. The van der Waals surface area contributed by atoms with Crippen LogP contribution in [0.25, 0.3) is 0 Å². The van der Waals surface area contributed by atoms with Gasteiger partial charge >= 0.3 is 6.18 Å². The van der Waals surface area contributed by atoms with Gasteiger partial charge in [-0.15, -0.1) is 5.10 Å². The van der Waals surface area contributed by atoms with Crippen molar-refractivity contribution in [3.63, 3.8) is 0 Å². The third-order valence-electron chi connectivity index (χ3n) is 2.09. The number of halogens is 3. The summed E-state index contributed by atoms with van der Waals surface area (Å²) in [7, 11) is 0. The van der Waals surface area contributed by atoms with Crippen LogP contribution < -0.4 is 4.90 Å². The minimum absolute atomic E-state index is 0.180. The largest absolute Gasteiger partial charge is 0.451 e. The van der Waals surface area contributed by atoms with Crippen LogP contribution in [0.4, 0.5) is 19.1 Å². The number of carbonyl (C=O) groups excluding carboxylic acids is 1. The van der Waals surface area contributed by atoms with Gasteiger partial charge in [0.25, 0.3) is 5.95 Å². The zero-order chi connectivity index (χ0) is 11.9. The molecule has 1 amide bonds. The Kier molecular flexibility index (Phi) is 2.56. The van der Waals surface area contributed by atoms with Crippen molar-refractivity contribution >= 4 is 24.5 Å². The second kappa shape index (κ2) is 3.65. The van der Waals surface area contributed by atoms with Gasteiger partial charge in [0.1, 0.15) is 0 Å². The highest BCUT2D eigenvalue weighted by atomic mass is 32.1. The molecule has 1 aromatic rings. The maximum atomic E-state index is 12.2. The average Bonchev–Trinajstić information content (AvgIpc) is 2.70. The van der Waals surface area contributed by atoms with E-state index in [-0.39, 0.29) is 30.1 Å². The number of aromatic amines is 1. The topological polar surface area (TPSA) is 61.9 Å². The number of H-pyrrole nitrogens is 1. The van der Waals surface area contributed by atoms with Crippen LogP contribution in [0.15, 0.2) is 0 Å². The normalized spacial score (nSPS) is 21.9. The van der Waals surface area contributed by atoms with E-state index >= 15 is 0 Å². The summed E-state index contributed by atoms with van der Waals surface area (Å²) in [5, 5.41) is 4.92. The number of carbonyl (C=O) groups is 1. The molecule has 1 atom stereocenters. The molecule has 0 aromatic carbocycles. The minimum atomic E-state index is -4.59. The number of nitrogens with one attached hydrogen (secondary N) is 1. The Labute approximate surface area is 93.4 Å². The maximum absolute atomic E-state index is 12.2. The third-order valence-corrected chi connectivity index (χ3v) is 2.43. The first kappa shape index (κ1) is 11.2. The number of anilines is 1. The Hall–Kier alpha value is -1.25. The lowest BCUT2D eigenvalue weighted by Gasteiger charge is -2.09. The number of alkyl halides is 3. The van der Waals surface area contributed by atoms with Crippen molar-refractivity contribution in [3.05, 3.63) is 5.82 Å². The molecular weight excluding hydrogens is 245 g/mol. The SMILES string of the molecule is O=C1CC(S)CN1c1n[nH]c(C(F)(F)F)n1. The lowest BCUT2D eigenvalue weighted by Crippen LogP contribution is -2.26. The van der Waals surface area contributed by atoms with E-state index in [0.717, 1.165) is 4.90 Å². The molecule has 0 saturated carbocycles. The smallest absolute Gasteiger partial charge is 0.278 e. The number of rotatable bonds is 1. The molecule has 0 radical (unpaired) electrons. The molecule has 0 spiro atoms. The Morgan fingerprint density at radius 3 is 2.62 bits per heavy atom. The van der Waals surface area contributed by atoms with Crippen LogP contribution in [0, 0.1) is 0 Å². The Bertz CT molecular complexity index is 418. The van der Waals surface area contributed by atoms with Crippen LogP contribution in [0.5, 0.6) is 0 Å². The quantitative estimate of drug-likeness (QED) is 0.729. The van der Waals surface area contributed by atoms with E-state index in [0.29, 0.717) is 0 Å². The Morgan fingerprint density at radius 1 is 1.50 bits per heavy atom. The van der Waals surface area contributed by atoms with Crippen molar-refractivity contribution in [1.29, 1.82) is 0 Å². The molecule has 1 aliphatic rings. The van der Waals surface area contributed by atoms with Crippen LogP contribution in [0.2, 0.25) is 0 Å². The molecular formula is C7H7F3N4OS. The first-order valence-corrected chi connectivity index (χ1v) is 4.87. The lowest BCUT2D eigenvalue weighted by atomic mass is 10.4. The van der Waals surface area contributed by atoms with Gasteiger partial charge in [-0.25, -0.2) is 0 Å². The van der Waals surface area contributed by atoms with Crippen LogP contribution in [-0.2, 0) is 11.0 Å². The van der Waals surface area contributed by atoms with E-state index in [1.165, 1.54) is 0 Å². The summed E-state index contributed by atoms with van der Waals surface area (Å²) >= 11 is 4.07. The fourth-order valence-corrected chi connectivity index (χ4v) is 1.70. The molecule has 0 aliphatic carbocycles. The van der Waals surface area contributed by atoms with E-state index in [1.807, 2.05) is 0 Å². The second-order valence-corrected chi connectivity index (χ2v) is 4.07. The summed E-state index contributed by atoms with van der Waals surface area (Å²) in [6.07, 6.45) is -4.41. The average molecular weight is 252 g/mol. The molecule has 5 nitrogen and oxygen atoms in total. The molecule has 1 saturated heterocycles. The van der Waals surface area contributed by atoms with E-state index in [9.17, 15) is 18.0 Å². The molecule has 1 N–H and O–H groups in total. The van der Waals surface area contributed by atoms with E-state index in [4.69, 9.17) is 0 Å². The van der Waals surface area contributed by atoms with Crippen LogP contribution in [0.1, 0.15) is 12.2 Å². The van der Waals surface area contributed by atoms with Gasteiger partial charge in [-0.1, -0.05) is 0 Å². The van der Waals surface area contributed by atoms with Crippen molar-refractivity contribution in [3.8, 4) is 0 Å². The van der Waals surface area contributed by atoms with Crippen molar-refractivity contribution in [1.82, 2.24) is 15.2 Å². The lowest BCUT2D eigenvalue weighted by molar-refractivity contribution is -0.144. The Balaban J connectivity index is 2.23. The summed E-state index contributed by atoms with van der Waals surface area (Å²) in [5.74, 6) is -1.79. The molecule has 16 heavy (non-hydrogen) atoms. The van der Waals surface area contributed by atoms with Crippen molar-refractivity contribution in [2.45, 2.75) is 17.8 Å². The van der Waals surface area contributed by atoms with Crippen molar-refractivity contribution < 1.29 is 18.0 Å². The fraction of sp³-hybridized carbons (Fsp3) is 0.571. The van der Waals surface area contributed by atoms with Gasteiger partial charge in [0.2, 0.25) is 11.7 Å². The van der Waals surface area contributed by atoms with Crippen LogP contribution >= 0.6 is 12.6 Å². The third kappa shape index (κ3) is 1.99. The summed E-state index contributed by atoms with van der Waals surface area (Å²) in [6.45, 7) is 0.219. The number of nitrogens with zero attached hydrogens (tertiary/aromatic N) is 3. The van der Waals surface area contributed by atoms with E-state index in [1.54, 1.807) is 5.10 Å². The van der Waals surface area contributed by atoms with Gasteiger partial charge in [-0.3, -0.25) is 14.8 Å². The fourth-order valence-electron chi connectivity index (χ4n) is 1.38. The summed E-state index contributed by atoms with van der Waals surface area (Å²) in [5.41, 5.74) is 0. The minimum Gasteiger partial charge on any atom is -0.278 e. The predicted molar refractivity (Wildman–Crippen MR) is 51.1 cm³/mol. The molecule has 88 valence electrons. The summed E-state index contributed by atoms with van der Waals surface area (Å²) < 4.78 is 36.6. The second-order valence-electron chi connectivity index (χ2n) is 3.34. The Morgan fingerprint density at radius 2 is 2.19 bits per heavy atom. The number of thiol groups is 1. The van der Waals surface area contributed by atoms with E-state index in [2.05, 4.69) is 22.7 Å². The van der Waals surface area contributed by atoms with Crippen LogP contribution in [-0.4, -0.2) is 32.9 Å². The van der Waals surface area contributed by atoms with Crippen molar-refractivity contribution in [2.24, 2.45) is 0 Å².